The summed E-state index contributed by atoms with van der Waals surface area (Å²) in [4.78, 5) is 13.6. The molecule has 0 aliphatic carbocycles. The highest BCUT2D eigenvalue weighted by Gasteiger charge is 2.18. The van der Waals surface area contributed by atoms with Gasteiger partial charge in [-0.3, -0.25) is 4.79 Å². The fourth-order valence-corrected chi connectivity index (χ4v) is 2.97. The first-order valence-electron chi connectivity index (χ1n) is 6.93. The number of nitrogen functional groups attached to an aromatic ring is 1. The summed E-state index contributed by atoms with van der Waals surface area (Å²) < 4.78 is 5.15. The number of nitrogens with one attached hydrogen (secondary N) is 1. The van der Waals surface area contributed by atoms with Crippen molar-refractivity contribution < 1.29 is 9.53 Å². The summed E-state index contributed by atoms with van der Waals surface area (Å²) in [6.45, 7) is 2.10. The molecule has 0 fully saturated rings. The molecule has 0 aliphatic rings. The maximum absolute atomic E-state index is 12.5. The van der Waals surface area contributed by atoms with Crippen molar-refractivity contribution in [2.75, 3.05) is 12.8 Å². The normalized spacial score (nSPS) is 11.9. The number of methoxy groups -OCH3 is 1. The van der Waals surface area contributed by atoms with Crippen LogP contribution in [0.3, 0.4) is 0 Å². The first kappa shape index (κ1) is 15.4. The van der Waals surface area contributed by atoms with Crippen LogP contribution in [0.5, 0.6) is 5.75 Å². The molecule has 21 heavy (non-hydrogen) atoms. The summed E-state index contributed by atoms with van der Waals surface area (Å²) in [6, 6.07) is 9.16. The highest BCUT2D eigenvalue weighted by atomic mass is 32.1. The average Bonchev–Trinajstić information content (AvgIpc) is 3.01. The molecule has 5 heteroatoms. The van der Waals surface area contributed by atoms with Gasteiger partial charge in [-0.1, -0.05) is 19.4 Å². The lowest BCUT2D eigenvalue weighted by Crippen LogP contribution is -2.28. The molecule has 0 spiro atoms. The molecular weight excluding hydrogens is 284 g/mol. The Morgan fingerprint density at radius 2 is 2.24 bits per heavy atom. The van der Waals surface area contributed by atoms with Crippen molar-refractivity contribution in [3.8, 4) is 5.75 Å². The first-order chi connectivity index (χ1) is 10.2. The molecule has 1 aromatic heterocycles. The lowest BCUT2D eigenvalue weighted by molar-refractivity contribution is 0.0936. The third-order valence-electron chi connectivity index (χ3n) is 3.27. The van der Waals surface area contributed by atoms with Gasteiger partial charge in [0, 0.05) is 10.6 Å². The summed E-state index contributed by atoms with van der Waals surface area (Å²) >= 11 is 1.65. The lowest BCUT2D eigenvalue weighted by atomic mass is 10.1. The van der Waals surface area contributed by atoms with Crippen molar-refractivity contribution in [3.63, 3.8) is 0 Å². The van der Waals surface area contributed by atoms with Crippen LogP contribution in [0.2, 0.25) is 0 Å². The van der Waals surface area contributed by atoms with Crippen LogP contribution in [-0.4, -0.2) is 13.0 Å². The minimum absolute atomic E-state index is 0.0214. The second-order valence-corrected chi connectivity index (χ2v) is 5.76. The second kappa shape index (κ2) is 7.13. The number of thiophene rings is 1. The monoisotopic (exact) mass is 304 g/mol. The van der Waals surface area contributed by atoms with Gasteiger partial charge in [-0.15, -0.1) is 11.3 Å². The molecule has 4 nitrogen and oxygen atoms in total. The van der Waals surface area contributed by atoms with Crippen LogP contribution in [-0.2, 0) is 0 Å². The predicted octanol–water partition coefficient (Wildman–Crippen LogP) is 3.61. The van der Waals surface area contributed by atoms with E-state index in [-0.39, 0.29) is 11.9 Å². The van der Waals surface area contributed by atoms with Gasteiger partial charge in [0.05, 0.1) is 18.7 Å². The molecule has 1 unspecified atom stereocenters. The van der Waals surface area contributed by atoms with Crippen LogP contribution in [0, 0.1) is 0 Å². The topological polar surface area (TPSA) is 64.3 Å². The molecule has 2 aromatic rings. The molecule has 0 saturated heterocycles. The quantitative estimate of drug-likeness (QED) is 0.801. The molecule has 1 heterocycles. The van der Waals surface area contributed by atoms with Crippen LogP contribution < -0.4 is 15.8 Å². The van der Waals surface area contributed by atoms with E-state index in [9.17, 15) is 4.79 Å². The van der Waals surface area contributed by atoms with E-state index in [1.807, 2.05) is 17.5 Å². The third kappa shape index (κ3) is 3.76. The Labute approximate surface area is 128 Å². The Morgan fingerprint density at radius 1 is 1.43 bits per heavy atom. The maximum Gasteiger partial charge on any atom is 0.254 e. The van der Waals surface area contributed by atoms with Gasteiger partial charge >= 0.3 is 0 Å². The van der Waals surface area contributed by atoms with E-state index in [0.717, 1.165) is 17.7 Å². The number of hydrogen-bond acceptors (Lipinski definition) is 4. The number of nitrogens with two attached hydrogens (primary N) is 1. The molecule has 2 rings (SSSR count). The summed E-state index contributed by atoms with van der Waals surface area (Å²) in [6.07, 6.45) is 1.90. The zero-order valence-electron chi connectivity index (χ0n) is 12.3. The molecule has 1 atom stereocenters. The molecule has 3 N–H and O–H groups in total. The van der Waals surface area contributed by atoms with Gasteiger partial charge < -0.3 is 15.8 Å². The summed E-state index contributed by atoms with van der Waals surface area (Å²) in [7, 11) is 1.57. The van der Waals surface area contributed by atoms with E-state index in [1.165, 1.54) is 0 Å². The van der Waals surface area contributed by atoms with Crippen LogP contribution >= 0.6 is 11.3 Å². The fraction of sp³-hybridized carbons (Fsp3) is 0.312. The van der Waals surface area contributed by atoms with E-state index in [2.05, 4.69) is 12.2 Å². The van der Waals surface area contributed by atoms with Gasteiger partial charge in [0.1, 0.15) is 5.75 Å². The molecule has 0 saturated carbocycles. The van der Waals surface area contributed by atoms with Crippen molar-refractivity contribution in [1.29, 1.82) is 0 Å². The molecule has 0 bridgehead atoms. The zero-order chi connectivity index (χ0) is 15.2. The van der Waals surface area contributed by atoms with Gasteiger partial charge in [0.15, 0.2) is 0 Å². The van der Waals surface area contributed by atoms with Gasteiger partial charge in [-0.2, -0.15) is 0 Å². The largest absolute Gasteiger partial charge is 0.497 e. The lowest BCUT2D eigenvalue weighted by Gasteiger charge is -2.17. The van der Waals surface area contributed by atoms with Crippen molar-refractivity contribution in [1.82, 2.24) is 5.32 Å². The first-order valence-corrected chi connectivity index (χ1v) is 7.81. The van der Waals surface area contributed by atoms with E-state index in [1.54, 1.807) is 36.6 Å². The standard InChI is InChI=1S/C16H20N2O2S/c1-3-5-14(15-6-4-9-21-15)18-16(19)12-10-11(20-2)7-8-13(12)17/h4,6-10,14H,3,5,17H2,1-2H3,(H,18,19). The SMILES string of the molecule is CCCC(NC(=O)c1cc(OC)ccc1N)c1cccs1. The number of ether oxygens (including phenoxy) is 1. The molecular formula is C16H20N2O2S. The summed E-state index contributed by atoms with van der Waals surface area (Å²) in [5.41, 5.74) is 6.80. The summed E-state index contributed by atoms with van der Waals surface area (Å²) in [5.74, 6) is 0.454. The van der Waals surface area contributed by atoms with E-state index >= 15 is 0 Å². The summed E-state index contributed by atoms with van der Waals surface area (Å²) in [5, 5.41) is 5.08. The highest BCUT2D eigenvalue weighted by molar-refractivity contribution is 7.10. The number of carbonyl (C=O) groups excluding carboxylic acids is 1. The van der Waals surface area contributed by atoms with Gasteiger partial charge in [0.2, 0.25) is 0 Å². The Kier molecular flexibility index (Phi) is 5.22. The van der Waals surface area contributed by atoms with Crippen molar-refractivity contribution >= 4 is 22.9 Å². The van der Waals surface area contributed by atoms with E-state index in [4.69, 9.17) is 10.5 Å². The van der Waals surface area contributed by atoms with Crippen LogP contribution in [0.25, 0.3) is 0 Å². The Bertz CT molecular complexity index is 596. The highest BCUT2D eigenvalue weighted by Crippen LogP contribution is 2.25. The number of amides is 1. The minimum Gasteiger partial charge on any atom is -0.497 e. The molecule has 1 aromatic carbocycles. The van der Waals surface area contributed by atoms with E-state index < -0.39 is 0 Å². The Morgan fingerprint density at radius 3 is 2.86 bits per heavy atom. The fourth-order valence-electron chi connectivity index (χ4n) is 2.16. The van der Waals surface area contributed by atoms with Crippen LogP contribution in [0.15, 0.2) is 35.7 Å². The Balaban J connectivity index is 2.19. The number of benzene rings is 1. The van der Waals surface area contributed by atoms with Gasteiger partial charge in [-0.05, 0) is 36.1 Å². The predicted molar refractivity (Wildman–Crippen MR) is 86.8 cm³/mol. The molecule has 1 amide bonds. The third-order valence-corrected chi connectivity index (χ3v) is 4.26. The van der Waals surface area contributed by atoms with Crippen LogP contribution in [0.1, 0.15) is 41.0 Å². The Hall–Kier alpha value is -2.01. The minimum atomic E-state index is -0.168. The van der Waals surface area contributed by atoms with Gasteiger partial charge in [0.25, 0.3) is 5.91 Å². The molecule has 112 valence electrons. The van der Waals surface area contributed by atoms with Crippen molar-refractivity contribution in [3.05, 3.63) is 46.2 Å². The number of anilines is 1. The average molecular weight is 304 g/mol. The second-order valence-electron chi connectivity index (χ2n) is 4.78. The number of carbonyl (C=O) groups is 1. The van der Waals surface area contributed by atoms with Crippen LogP contribution in [0.4, 0.5) is 5.69 Å². The maximum atomic E-state index is 12.5. The zero-order valence-corrected chi connectivity index (χ0v) is 13.1. The van der Waals surface area contributed by atoms with Crippen molar-refractivity contribution in [2.24, 2.45) is 0 Å². The molecule has 0 aliphatic heterocycles. The van der Waals surface area contributed by atoms with Gasteiger partial charge in [-0.25, -0.2) is 0 Å². The van der Waals surface area contributed by atoms with E-state index in [0.29, 0.717) is 17.0 Å². The number of hydrogen-bond donors (Lipinski definition) is 2. The smallest absolute Gasteiger partial charge is 0.254 e. The molecule has 0 radical (unpaired) electrons. The van der Waals surface area contributed by atoms with Crippen molar-refractivity contribution in [2.45, 2.75) is 25.8 Å². The number of rotatable bonds is 6.